The van der Waals surface area contributed by atoms with Gasteiger partial charge in [0.1, 0.15) is 5.60 Å². The molecule has 1 aromatic heterocycles. The van der Waals surface area contributed by atoms with E-state index in [1.165, 1.54) is 11.3 Å². The van der Waals surface area contributed by atoms with E-state index in [0.29, 0.717) is 17.5 Å². The van der Waals surface area contributed by atoms with E-state index >= 15 is 0 Å². The Morgan fingerprint density at radius 3 is 2.67 bits per heavy atom. The van der Waals surface area contributed by atoms with E-state index in [2.05, 4.69) is 4.98 Å². The largest absolute Gasteiger partial charge is 0.460 e. The standard InChI is InChI=1S/C15H18N2O3S/c1-15(2,3)20-12(18)8-7-11-17-13-9(14(16)19)5-4-6-10(13)21-11/h4-6H,7-8H2,1-3H3,(H2,16,19). The quantitative estimate of drug-likeness (QED) is 0.880. The molecule has 2 rings (SSSR count). The van der Waals surface area contributed by atoms with E-state index < -0.39 is 11.5 Å². The maximum absolute atomic E-state index is 11.7. The predicted octanol–water partition coefficient (Wildman–Crippen LogP) is 2.67. The van der Waals surface area contributed by atoms with Gasteiger partial charge in [0.25, 0.3) is 5.91 Å². The van der Waals surface area contributed by atoms with Crippen molar-refractivity contribution in [2.24, 2.45) is 5.73 Å². The Labute approximate surface area is 127 Å². The zero-order valence-electron chi connectivity index (χ0n) is 12.3. The maximum Gasteiger partial charge on any atom is 0.306 e. The number of benzene rings is 1. The van der Waals surface area contributed by atoms with Gasteiger partial charge in [-0.15, -0.1) is 11.3 Å². The normalized spacial score (nSPS) is 11.6. The maximum atomic E-state index is 11.7. The van der Waals surface area contributed by atoms with Crippen molar-refractivity contribution in [3.8, 4) is 0 Å². The van der Waals surface area contributed by atoms with Crippen molar-refractivity contribution in [1.29, 1.82) is 0 Å². The number of nitrogens with zero attached hydrogens (tertiary/aromatic N) is 1. The number of carbonyl (C=O) groups is 2. The summed E-state index contributed by atoms with van der Waals surface area (Å²) in [6.07, 6.45) is 0.759. The van der Waals surface area contributed by atoms with Gasteiger partial charge in [-0.3, -0.25) is 9.59 Å². The molecular weight excluding hydrogens is 288 g/mol. The molecule has 0 aliphatic rings. The van der Waals surface area contributed by atoms with Crippen LogP contribution in [0.15, 0.2) is 18.2 Å². The Morgan fingerprint density at radius 2 is 2.05 bits per heavy atom. The molecule has 1 amide bonds. The number of hydrogen-bond donors (Lipinski definition) is 1. The molecule has 0 saturated heterocycles. The molecule has 0 radical (unpaired) electrons. The van der Waals surface area contributed by atoms with Gasteiger partial charge >= 0.3 is 5.97 Å². The number of fused-ring (bicyclic) bond motifs is 1. The van der Waals surface area contributed by atoms with Gasteiger partial charge in [-0.05, 0) is 32.9 Å². The summed E-state index contributed by atoms with van der Waals surface area (Å²) < 4.78 is 6.15. The van der Waals surface area contributed by atoms with Crippen LogP contribution >= 0.6 is 11.3 Å². The van der Waals surface area contributed by atoms with Crippen LogP contribution in [0.2, 0.25) is 0 Å². The highest BCUT2D eigenvalue weighted by molar-refractivity contribution is 7.18. The number of primary amides is 1. The Hall–Kier alpha value is -1.95. The van der Waals surface area contributed by atoms with Gasteiger partial charge < -0.3 is 10.5 Å². The van der Waals surface area contributed by atoms with Gasteiger partial charge in [-0.1, -0.05) is 6.07 Å². The molecule has 2 aromatic rings. The highest BCUT2D eigenvalue weighted by atomic mass is 32.1. The number of carbonyl (C=O) groups excluding carboxylic acids is 2. The van der Waals surface area contributed by atoms with Crippen LogP contribution in [-0.4, -0.2) is 22.5 Å². The molecule has 6 heteroatoms. The average Bonchev–Trinajstić information content (AvgIpc) is 2.76. The predicted molar refractivity (Wildman–Crippen MR) is 82.3 cm³/mol. The first-order valence-corrected chi connectivity index (χ1v) is 7.48. The Balaban J connectivity index is 2.12. The summed E-state index contributed by atoms with van der Waals surface area (Å²) in [5.74, 6) is -0.749. The fourth-order valence-electron chi connectivity index (χ4n) is 1.90. The van der Waals surface area contributed by atoms with Crippen molar-refractivity contribution in [2.75, 3.05) is 0 Å². The number of amides is 1. The van der Waals surface area contributed by atoms with Crippen LogP contribution in [0.1, 0.15) is 42.6 Å². The number of thiazole rings is 1. The lowest BCUT2D eigenvalue weighted by atomic mass is 10.2. The van der Waals surface area contributed by atoms with E-state index in [-0.39, 0.29) is 12.4 Å². The second kappa shape index (κ2) is 5.81. The van der Waals surface area contributed by atoms with E-state index in [9.17, 15) is 9.59 Å². The molecule has 1 heterocycles. The molecule has 0 saturated carbocycles. The van der Waals surface area contributed by atoms with Gasteiger partial charge in [-0.2, -0.15) is 0 Å². The van der Waals surface area contributed by atoms with Crippen LogP contribution < -0.4 is 5.73 Å². The number of esters is 1. The molecule has 0 bridgehead atoms. The van der Waals surface area contributed by atoms with Gasteiger partial charge in [0.05, 0.1) is 27.2 Å². The molecule has 5 nitrogen and oxygen atoms in total. The molecule has 0 spiro atoms. The summed E-state index contributed by atoms with van der Waals surface area (Å²) in [6, 6.07) is 5.32. The minimum atomic E-state index is -0.496. The molecule has 0 atom stereocenters. The fraction of sp³-hybridized carbons (Fsp3) is 0.400. The van der Waals surface area contributed by atoms with Gasteiger partial charge in [0.2, 0.25) is 0 Å². The first-order valence-electron chi connectivity index (χ1n) is 6.66. The van der Waals surface area contributed by atoms with Crippen LogP contribution in [0.5, 0.6) is 0 Å². The van der Waals surface area contributed by atoms with Crippen LogP contribution in [0.25, 0.3) is 10.2 Å². The summed E-state index contributed by atoms with van der Waals surface area (Å²) >= 11 is 1.46. The first-order chi connectivity index (χ1) is 9.76. The Bertz CT molecular complexity index is 686. The van der Waals surface area contributed by atoms with Crippen molar-refractivity contribution in [3.63, 3.8) is 0 Å². The zero-order valence-corrected chi connectivity index (χ0v) is 13.1. The summed E-state index contributed by atoms with van der Waals surface area (Å²) in [5, 5.41) is 0.796. The van der Waals surface area contributed by atoms with Crippen LogP contribution in [0.3, 0.4) is 0 Å². The molecule has 0 aliphatic heterocycles. The SMILES string of the molecule is CC(C)(C)OC(=O)CCc1nc2c(C(N)=O)cccc2s1. The summed E-state index contributed by atoms with van der Waals surface area (Å²) in [4.78, 5) is 27.5. The number of nitrogens with two attached hydrogens (primary N) is 1. The number of para-hydroxylation sites is 1. The Kier molecular flexibility index (Phi) is 4.27. The minimum absolute atomic E-state index is 0.253. The second-order valence-electron chi connectivity index (χ2n) is 5.71. The molecule has 0 unspecified atom stereocenters. The third-order valence-electron chi connectivity index (χ3n) is 2.69. The van der Waals surface area contributed by atoms with Crippen LogP contribution in [-0.2, 0) is 16.0 Å². The second-order valence-corrected chi connectivity index (χ2v) is 6.83. The summed E-state index contributed by atoms with van der Waals surface area (Å²) in [6.45, 7) is 5.51. The third kappa shape index (κ3) is 4.01. The first kappa shape index (κ1) is 15.4. The highest BCUT2D eigenvalue weighted by Gasteiger charge is 2.17. The van der Waals surface area contributed by atoms with E-state index in [0.717, 1.165) is 9.71 Å². The molecule has 0 aliphatic carbocycles. The van der Waals surface area contributed by atoms with Crippen molar-refractivity contribution in [2.45, 2.75) is 39.2 Å². The smallest absolute Gasteiger partial charge is 0.306 e. The van der Waals surface area contributed by atoms with Gasteiger partial charge in [0, 0.05) is 6.42 Å². The van der Waals surface area contributed by atoms with E-state index in [1.54, 1.807) is 12.1 Å². The molecule has 1 aromatic carbocycles. The molecule has 112 valence electrons. The number of ether oxygens (including phenoxy) is 1. The van der Waals surface area contributed by atoms with Crippen molar-refractivity contribution >= 4 is 33.4 Å². The number of aryl methyl sites for hydroxylation is 1. The molecule has 2 N–H and O–H groups in total. The highest BCUT2D eigenvalue weighted by Crippen LogP contribution is 2.25. The number of hydrogen-bond acceptors (Lipinski definition) is 5. The lowest BCUT2D eigenvalue weighted by Crippen LogP contribution is -2.23. The fourth-order valence-corrected chi connectivity index (χ4v) is 2.90. The summed E-state index contributed by atoms with van der Waals surface area (Å²) in [7, 11) is 0. The summed E-state index contributed by atoms with van der Waals surface area (Å²) in [5.41, 5.74) is 5.87. The van der Waals surface area contributed by atoms with E-state index in [1.807, 2.05) is 26.8 Å². The Morgan fingerprint density at radius 1 is 1.33 bits per heavy atom. The lowest BCUT2D eigenvalue weighted by Gasteiger charge is -2.19. The lowest BCUT2D eigenvalue weighted by molar-refractivity contribution is -0.154. The molecule has 0 fully saturated rings. The van der Waals surface area contributed by atoms with Gasteiger partial charge in [-0.25, -0.2) is 4.98 Å². The average molecular weight is 306 g/mol. The van der Waals surface area contributed by atoms with Crippen molar-refractivity contribution < 1.29 is 14.3 Å². The van der Waals surface area contributed by atoms with Crippen LogP contribution in [0, 0.1) is 0 Å². The molecule has 21 heavy (non-hydrogen) atoms. The number of rotatable bonds is 4. The topological polar surface area (TPSA) is 82.3 Å². The van der Waals surface area contributed by atoms with Crippen molar-refractivity contribution in [3.05, 3.63) is 28.8 Å². The monoisotopic (exact) mass is 306 g/mol. The zero-order chi connectivity index (χ0) is 15.6. The third-order valence-corrected chi connectivity index (χ3v) is 3.77. The van der Waals surface area contributed by atoms with Gasteiger partial charge in [0.15, 0.2) is 0 Å². The van der Waals surface area contributed by atoms with E-state index in [4.69, 9.17) is 10.5 Å². The molecular formula is C15H18N2O3S. The number of aromatic nitrogens is 1. The minimum Gasteiger partial charge on any atom is -0.460 e. The van der Waals surface area contributed by atoms with Crippen molar-refractivity contribution in [1.82, 2.24) is 4.98 Å². The van der Waals surface area contributed by atoms with Crippen LogP contribution in [0.4, 0.5) is 0 Å².